The summed E-state index contributed by atoms with van der Waals surface area (Å²) in [5, 5.41) is 19.4. The molecule has 0 aliphatic carbocycles. The van der Waals surface area contributed by atoms with Crippen molar-refractivity contribution in [1.82, 2.24) is 15.2 Å². The molecule has 1 aliphatic heterocycles. The predicted molar refractivity (Wildman–Crippen MR) is 129 cm³/mol. The maximum atomic E-state index is 10.1. The number of nitrogens with zero attached hydrogens (tertiary/aromatic N) is 5. The molecular formula is C26H33N5O. The Morgan fingerprint density at radius 2 is 1.50 bits per heavy atom. The Bertz CT molecular complexity index is 1060. The molecule has 0 bridgehead atoms. The summed E-state index contributed by atoms with van der Waals surface area (Å²) in [6.45, 7) is 13.5. The zero-order valence-electron chi connectivity index (χ0n) is 19.8. The first-order chi connectivity index (χ1) is 15.2. The smallest absolute Gasteiger partial charge is 0.154 e. The highest BCUT2D eigenvalue weighted by molar-refractivity contribution is 5.52. The molecule has 0 radical (unpaired) electrons. The van der Waals surface area contributed by atoms with Gasteiger partial charge in [-0.1, -0.05) is 35.9 Å². The molecule has 1 aromatic carbocycles. The van der Waals surface area contributed by atoms with Crippen LogP contribution in [0.1, 0.15) is 47.4 Å². The van der Waals surface area contributed by atoms with Crippen molar-refractivity contribution < 1.29 is 5.11 Å². The number of aliphatic hydroxyl groups is 1. The molecule has 0 unspecified atom stereocenters. The summed E-state index contributed by atoms with van der Waals surface area (Å²) in [7, 11) is 0. The first-order valence-electron chi connectivity index (χ1n) is 11.3. The average Bonchev–Trinajstić information content (AvgIpc) is 2.78. The second-order valence-corrected chi connectivity index (χ2v) is 9.32. The van der Waals surface area contributed by atoms with E-state index in [0.29, 0.717) is 0 Å². The number of benzene rings is 1. The maximum absolute atomic E-state index is 10.1. The Hall–Kier alpha value is -2.99. The summed E-state index contributed by atoms with van der Waals surface area (Å²) >= 11 is 0. The SMILES string of the molecule is Cc1ccc(Cc2nnc(N3CCN(c4ccc(C(C)(C)O)cn4)CC3)c(C)c2C)cc1. The van der Waals surface area contributed by atoms with E-state index in [1.54, 1.807) is 20.0 Å². The second kappa shape index (κ2) is 8.87. The monoisotopic (exact) mass is 431 g/mol. The lowest BCUT2D eigenvalue weighted by Crippen LogP contribution is -2.47. The van der Waals surface area contributed by atoms with Gasteiger partial charge in [0.25, 0.3) is 0 Å². The highest BCUT2D eigenvalue weighted by atomic mass is 16.3. The normalized spacial score (nSPS) is 14.7. The highest BCUT2D eigenvalue weighted by Crippen LogP contribution is 2.26. The van der Waals surface area contributed by atoms with Crippen molar-refractivity contribution in [3.63, 3.8) is 0 Å². The molecular weight excluding hydrogens is 398 g/mol. The molecule has 0 saturated carbocycles. The van der Waals surface area contributed by atoms with Gasteiger partial charge in [-0.25, -0.2) is 4.98 Å². The van der Waals surface area contributed by atoms with Crippen LogP contribution in [0.4, 0.5) is 11.6 Å². The molecule has 0 spiro atoms. The summed E-state index contributed by atoms with van der Waals surface area (Å²) in [6, 6.07) is 12.6. The summed E-state index contributed by atoms with van der Waals surface area (Å²) in [4.78, 5) is 9.18. The molecule has 6 nitrogen and oxygen atoms in total. The maximum Gasteiger partial charge on any atom is 0.154 e. The second-order valence-electron chi connectivity index (χ2n) is 9.32. The lowest BCUT2D eigenvalue weighted by Gasteiger charge is -2.36. The van der Waals surface area contributed by atoms with E-state index >= 15 is 0 Å². The molecule has 0 atom stereocenters. The molecule has 1 fully saturated rings. The van der Waals surface area contributed by atoms with Crippen molar-refractivity contribution in [2.75, 3.05) is 36.0 Å². The van der Waals surface area contributed by atoms with E-state index in [1.165, 1.54) is 22.3 Å². The topological polar surface area (TPSA) is 65.4 Å². The van der Waals surface area contributed by atoms with Gasteiger partial charge in [0, 0.05) is 44.4 Å². The van der Waals surface area contributed by atoms with Gasteiger partial charge in [-0.3, -0.25) is 0 Å². The van der Waals surface area contributed by atoms with Gasteiger partial charge in [-0.05, 0) is 57.4 Å². The summed E-state index contributed by atoms with van der Waals surface area (Å²) < 4.78 is 0. The van der Waals surface area contributed by atoms with E-state index < -0.39 is 5.60 Å². The fraction of sp³-hybridized carbons (Fsp3) is 0.423. The number of pyridine rings is 1. The van der Waals surface area contributed by atoms with Gasteiger partial charge in [0.05, 0.1) is 11.3 Å². The predicted octanol–water partition coefficient (Wildman–Crippen LogP) is 3.94. The molecule has 6 heteroatoms. The molecule has 1 aliphatic rings. The van der Waals surface area contributed by atoms with Crippen LogP contribution in [-0.2, 0) is 12.0 Å². The van der Waals surface area contributed by atoms with Crippen LogP contribution in [0, 0.1) is 20.8 Å². The fourth-order valence-corrected chi connectivity index (χ4v) is 4.09. The van der Waals surface area contributed by atoms with E-state index in [1.807, 2.05) is 12.1 Å². The Morgan fingerprint density at radius 1 is 0.844 bits per heavy atom. The molecule has 1 saturated heterocycles. The van der Waals surface area contributed by atoms with Crippen LogP contribution in [0.2, 0.25) is 0 Å². The molecule has 0 amide bonds. The van der Waals surface area contributed by atoms with Crippen molar-refractivity contribution in [2.24, 2.45) is 0 Å². The Morgan fingerprint density at radius 3 is 2.09 bits per heavy atom. The van der Waals surface area contributed by atoms with Crippen LogP contribution in [0.15, 0.2) is 42.6 Å². The van der Waals surface area contributed by atoms with Gasteiger partial charge in [0.15, 0.2) is 5.82 Å². The summed E-state index contributed by atoms with van der Waals surface area (Å²) in [5.74, 6) is 1.94. The van der Waals surface area contributed by atoms with Crippen LogP contribution < -0.4 is 9.80 Å². The fourth-order valence-electron chi connectivity index (χ4n) is 4.09. The molecule has 3 aromatic rings. The minimum Gasteiger partial charge on any atom is -0.386 e. The quantitative estimate of drug-likeness (QED) is 0.660. The van der Waals surface area contributed by atoms with Crippen LogP contribution in [-0.4, -0.2) is 46.5 Å². The van der Waals surface area contributed by atoms with Gasteiger partial charge in [0.2, 0.25) is 0 Å². The zero-order valence-corrected chi connectivity index (χ0v) is 19.8. The van der Waals surface area contributed by atoms with Crippen LogP contribution in [0.3, 0.4) is 0 Å². The Kier molecular flexibility index (Phi) is 6.15. The number of aryl methyl sites for hydroxylation is 1. The van der Waals surface area contributed by atoms with Crippen LogP contribution in [0.25, 0.3) is 0 Å². The number of anilines is 2. The third-order valence-electron chi connectivity index (χ3n) is 6.45. The number of hydrogen-bond acceptors (Lipinski definition) is 6. The van der Waals surface area contributed by atoms with E-state index in [0.717, 1.165) is 55.5 Å². The van der Waals surface area contributed by atoms with Gasteiger partial charge in [0.1, 0.15) is 5.82 Å². The van der Waals surface area contributed by atoms with Crippen molar-refractivity contribution in [2.45, 2.75) is 46.6 Å². The largest absolute Gasteiger partial charge is 0.386 e. The first kappa shape index (κ1) is 22.2. The van der Waals surface area contributed by atoms with E-state index in [-0.39, 0.29) is 0 Å². The molecule has 32 heavy (non-hydrogen) atoms. The van der Waals surface area contributed by atoms with Crippen molar-refractivity contribution in [3.05, 3.63) is 76.1 Å². The number of piperazine rings is 1. The summed E-state index contributed by atoms with van der Waals surface area (Å²) in [6.07, 6.45) is 2.58. The zero-order chi connectivity index (χ0) is 22.9. The molecule has 1 N–H and O–H groups in total. The van der Waals surface area contributed by atoms with Crippen LogP contribution >= 0.6 is 0 Å². The van der Waals surface area contributed by atoms with Crippen molar-refractivity contribution in [1.29, 1.82) is 0 Å². The van der Waals surface area contributed by atoms with Crippen molar-refractivity contribution in [3.8, 4) is 0 Å². The Labute approximate surface area is 190 Å². The number of aromatic nitrogens is 3. The van der Waals surface area contributed by atoms with E-state index in [9.17, 15) is 5.11 Å². The molecule has 168 valence electrons. The number of rotatable bonds is 5. The lowest BCUT2D eigenvalue weighted by molar-refractivity contribution is 0.0782. The summed E-state index contributed by atoms with van der Waals surface area (Å²) in [5.41, 5.74) is 5.97. The first-order valence-corrected chi connectivity index (χ1v) is 11.3. The van der Waals surface area contributed by atoms with E-state index in [4.69, 9.17) is 0 Å². The highest BCUT2D eigenvalue weighted by Gasteiger charge is 2.23. The lowest BCUT2D eigenvalue weighted by atomic mass is 10.0. The van der Waals surface area contributed by atoms with E-state index in [2.05, 4.69) is 70.0 Å². The van der Waals surface area contributed by atoms with Crippen molar-refractivity contribution >= 4 is 11.6 Å². The van der Waals surface area contributed by atoms with Gasteiger partial charge >= 0.3 is 0 Å². The molecule has 3 heterocycles. The third-order valence-corrected chi connectivity index (χ3v) is 6.45. The minimum absolute atomic E-state index is 0.806. The van der Waals surface area contributed by atoms with Crippen LogP contribution in [0.5, 0.6) is 0 Å². The van der Waals surface area contributed by atoms with Gasteiger partial charge in [-0.2, -0.15) is 5.10 Å². The third kappa shape index (κ3) is 4.75. The number of hydrogen-bond donors (Lipinski definition) is 1. The average molecular weight is 432 g/mol. The minimum atomic E-state index is -0.871. The molecule has 2 aromatic heterocycles. The van der Waals surface area contributed by atoms with Gasteiger partial charge < -0.3 is 14.9 Å². The molecule has 4 rings (SSSR count). The Balaban J connectivity index is 1.43. The standard InChI is InChI=1S/C26H33N5O/c1-18-6-8-21(9-7-18)16-23-19(2)20(3)25(29-28-23)31-14-12-30(13-15-31)24-11-10-22(17-27-24)26(4,5)32/h6-11,17,32H,12-16H2,1-5H3. The van der Waals surface area contributed by atoms with Gasteiger partial charge in [-0.15, -0.1) is 5.10 Å².